The van der Waals surface area contributed by atoms with Gasteiger partial charge in [0.25, 0.3) is 11.8 Å². The van der Waals surface area contributed by atoms with E-state index in [2.05, 4.69) is 9.97 Å². The summed E-state index contributed by atoms with van der Waals surface area (Å²) >= 11 is 0. The predicted molar refractivity (Wildman–Crippen MR) is 127 cm³/mol. The molecule has 36 heavy (non-hydrogen) atoms. The van der Waals surface area contributed by atoms with Crippen LogP contribution in [0.2, 0.25) is 0 Å². The molecule has 1 aliphatic heterocycles. The van der Waals surface area contributed by atoms with Crippen molar-refractivity contribution in [1.82, 2.24) is 14.9 Å². The average Bonchev–Trinajstić information content (AvgIpc) is 3.52. The molecule has 0 radical (unpaired) electrons. The summed E-state index contributed by atoms with van der Waals surface area (Å²) in [5.74, 6) is -2.98. The zero-order valence-corrected chi connectivity index (χ0v) is 18.8. The number of imide groups is 1. The first-order valence-electron chi connectivity index (χ1n) is 11.0. The molecule has 2 amide bonds. The number of carboxylic acids is 1. The normalized spacial score (nSPS) is 12.5. The molecule has 0 saturated heterocycles. The quantitative estimate of drug-likeness (QED) is 0.302. The van der Waals surface area contributed by atoms with Crippen LogP contribution >= 0.6 is 0 Å². The Morgan fingerprint density at radius 2 is 1.72 bits per heavy atom. The number of aromatic carboxylic acids is 1. The van der Waals surface area contributed by atoms with Gasteiger partial charge in [-0.1, -0.05) is 42.5 Å². The molecule has 3 aromatic carbocycles. The fraction of sp³-hybridized carbons (Fsp3) is 0.0741. The van der Waals surface area contributed by atoms with E-state index in [1.807, 2.05) is 30.3 Å². The van der Waals surface area contributed by atoms with Crippen LogP contribution in [0, 0.1) is 0 Å². The molecule has 9 heteroatoms. The number of esters is 1. The lowest BCUT2D eigenvalue weighted by Crippen LogP contribution is -2.29. The van der Waals surface area contributed by atoms with Crippen LogP contribution in [-0.2, 0) is 17.9 Å². The number of fused-ring (bicyclic) bond motifs is 1. The van der Waals surface area contributed by atoms with Crippen LogP contribution in [-0.4, -0.2) is 43.7 Å². The largest absolute Gasteiger partial charge is 0.478 e. The Labute approximate surface area is 205 Å². The van der Waals surface area contributed by atoms with Crippen LogP contribution < -0.4 is 0 Å². The van der Waals surface area contributed by atoms with E-state index in [1.165, 1.54) is 30.6 Å². The van der Waals surface area contributed by atoms with Gasteiger partial charge in [0.05, 0.1) is 47.0 Å². The Hall–Kier alpha value is -5.05. The third-order valence-electron chi connectivity index (χ3n) is 5.90. The van der Waals surface area contributed by atoms with Crippen LogP contribution in [0.3, 0.4) is 0 Å². The molecule has 1 aromatic heterocycles. The van der Waals surface area contributed by atoms with Gasteiger partial charge in [-0.2, -0.15) is 0 Å². The number of nitrogens with one attached hydrogen (secondary N) is 1. The average molecular weight is 481 g/mol. The third-order valence-corrected chi connectivity index (χ3v) is 5.90. The molecular formula is C27H19N3O6. The van der Waals surface area contributed by atoms with Crippen molar-refractivity contribution in [1.29, 1.82) is 0 Å². The van der Waals surface area contributed by atoms with Gasteiger partial charge < -0.3 is 14.8 Å². The molecule has 0 aliphatic carbocycles. The van der Waals surface area contributed by atoms with Crippen LogP contribution in [0.15, 0.2) is 79.3 Å². The van der Waals surface area contributed by atoms with Crippen LogP contribution in [0.1, 0.15) is 52.6 Å². The fourth-order valence-electron chi connectivity index (χ4n) is 4.03. The lowest BCUT2D eigenvalue weighted by molar-refractivity contribution is 0.0472. The van der Waals surface area contributed by atoms with Gasteiger partial charge >= 0.3 is 11.9 Å². The fourth-order valence-corrected chi connectivity index (χ4v) is 4.03. The van der Waals surface area contributed by atoms with Gasteiger partial charge in [0.2, 0.25) is 0 Å². The topological polar surface area (TPSA) is 130 Å². The molecule has 0 saturated carbocycles. The van der Waals surface area contributed by atoms with Crippen molar-refractivity contribution in [3.63, 3.8) is 0 Å². The number of aromatic nitrogens is 2. The minimum Gasteiger partial charge on any atom is -0.478 e. The first-order chi connectivity index (χ1) is 17.4. The number of carbonyl (C=O) groups excluding carboxylic acids is 3. The highest BCUT2D eigenvalue weighted by molar-refractivity contribution is 6.22. The van der Waals surface area contributed by atoms with E-state index in [9.17, 15) is 24.3 Å². The van der Waals surface area contributed by atoms with E-state index >= 15 is 0 Å². The van der Waals surface area contributed by atoms with Gasteiger partial charge in [-0.15, -0.1) is 0 Å². The van der Waals surface area contributed by atoms with Gasteiger partial charge in [-0.05, 0) is 35.4 Å². The summed E-state index contributed by atoms with van der Waals surface area (Å²) in [4.78, 5) is 58.3. The zero-order chi connectivity index (χ0) is 25.2. The molecule has 0 fully saturated rings. The molecule has 178 valence electrons. The number of aromatic amines is 1. The monoisotopic (exact) mass is 481 g/mol. The van der Waals surface area contributed by atoms with Gasteiger partial charge in [0.1, 0.15) is 6.61 Å². The van der Waals surface area contributed by atoms with Gasteiger partial charge in [0, 0.05) is 5.56 Å². The minimum absolute atomic E-state index is 0.0381. The summed E-state index contributed by atoms with van der Waals surface area (Å²) in [6.45, 7) is -0.159. The number of nitrogens with zero attached hydrogens (tertiary/aromatic N) is 2. The number of benzene rings is 3. The van der Waals surface area contributed by atoms with E-state index in [-0.39, 0.29) is 35.4 Å². The number of hydrogen-bond donors (Lipinski definition) is 2. The lowest BCUT2D eigenvalue weighted by Gasteiger charge is -2.16. The Morgan fingerprint density at radius 1 is 0.944 bits per heavy atom. The number of hydrogen-bond acceptors (Lipinski definition) is 6. The number of rotatable bonds is 7. The summed E-state index contributed by atoms with van der Waals surface area (Å²) in [6.07, 6.45) is 3.04. The number of ether oxygens (including phenoxy) is 1. The van der Waals surface area contributed by atoms with Crippen molar-refractivity contribution in [2.24, 2.45) is 0 Å². The molecule has 0 spiro atoms. The van der Waals surface area contributed by atoms with Gasteiger partial charge in [0.15, 0.2) is 0 Å². The number of carboxylic acid groups (broad SMARTS) is 1. The van der Waals surface area contributed by atoms with Crippen molar-refractivity contribution in [3.8, 4) is 11.3 Å². The first kappa shape index (κ1) is 22.7. The Bertz CT molecular complexity index is 1500. The molecule has 5 rings (SSSR count). The number of amides is 2. The van der Waals surface area contributed by atoms with Crippen molar-refractivity contribution in [3.05, 3.63) is 113 Å². The Morgan fingerprint density at radius 3 is 2.44 bits per heavy atom. The second-order valence-electron chi connectivity index (χ2n) is 8.16. The third kappa shape index (κ3) is 4.25. The Kier molecular flexibility index (Phi) is 5.87. The molecule has 0 bridgehead atoms. The maximum Gasteiger partial charge on any atom is 0.338 e. The molecular weight excluding hydrogens is 462 g/mol. The molecule has 0 atom stereocenters. The molecule has 2 N–H and O–H groups in total. The highest BCUT2D eigenvalue weighted by atomic mass is 16.5. The van der Waals surface area contributed by atoms with Crippen molar-refractivity contribution in [2.45, 2.75) is 13.2 Å². The van der Waals surface area contributed by atoms with Crippen LogP contribution in [0.25, 0.3) is 11.3 Å². The van der Waals surface area contributed by atoms with Gasteiger partial charge in [-0.25, -0.2) is 14.6 Å². The van der Waals surface area contributed by atoms with Crippen molar-refractivity contribution < 1.29 is 29.0 Å². The maximum atomic E-state index is 13.1. The summed E-state index contributed by atoms with van der Waals surface area (Å²) < 4.78 is 5.32. The number of imidazole rings is 1. The lowest BCUT2D eigenvalue weighted by atomic mass is 10.0. The summed E-state index contributed by atoms with van der Waals surface area (Å²) in [5, 5.41) is 9.73. The molecule has 0 unspecified atom stereocenters. The molecule has 4 aromatic rings. The zero-order valence-electron chi connectivity index (χ0n) is 18.8. The Balaban J connectivity index is 1.36. The van der Waals surface area contributed by atoms with Crippen molar-refractivity contribution >= 4 is 23.8 Å². The van der Waals surface area contributed by atoms with Crippen LogP contribution in [0.5, 0.6) is 0 Å². The minimum atomic E-state index is -1.19. The highest BCUT2D eigenvalue weighted by Crippen LogP contribution is 2.28. The molecule has 1 aliphatic rings. The number of H-pyrrole nitrogens is 1. The predicted octanol–water partition coefficient (Wildman–Crippen LogP) is 3.93. The summed E-state index contributed by atoms with van der Waals surface area (Å²) in [7, 11) is 0. The van der Waals surface area contributed by atoms with E-state index in [1.54, 1.807) is 18.3 Å². The summed E-state index contributed by atoms with van der Waals surface area (Å²) in [5.41, 5.74) is 2.67. The molecule has 9 nitrogen and oxygen atoms in total. The van der Waals surface area contributed by atoms with E-state index < -0.39 is 23.8 Å². The van der Waals surface area contributed by atoms with Crippen LogP contribution in [0.4, 0.5) is 0 Å². The van der Waals surface area contributed by atoms with Crippen molar-refractivity contribution in [2.75, 3.05) is 0 Å². The number of carbonyl (C=O) groups is 4. The van der Waals surface area contributed by atoms with Gasteiger partial charge in [-0.3, -0.25) is 14.5 Å². The summed E-state index contributed by atoms with van der Waals surface area (Å²) in [6, 6.07) is 18.1. The standard InChI is InChI=1S/C27H19N3O6/c31-24-20-9-8-18(27(35)36-14-16-4-2-1-3-5-16)11-22(20)25(32)30(24)13-19-7-6-17(10-21(19)26(33)34)23-12-28-15-29-23/h1-12,15H,13-14H2,(H,28,29)(H,33,34). The smallest absolute Gasteiger partial charge is 0.338 e. The maximum absolute atomic E-state index is 13.1. The van der Waals surface area contributed by atoms with E-state index in [4.69, 9.17) is 4.74 Å². The SMILES string of the molecule is O=C(OCc1ccccc1)c1ccc2c(c1)C(=O)N(Cc1ccc(-c3cnc[nH]3)cc1C(=O)O)C2=O. The first-order valence-corrected chi connectivity index (χ1v) is 11.0. The molecule has 2 heterocycles. The highest BCUT2D eigenvalue weighted by Gasteiger charge is 2.36. The second-order valence-corrected chi connectivity index (χ2v) is 8.16. The van der Waals surface area contributed by atoms with E-state index in [0.717, 1.165) is 10.5 Å². The second kappa shape index (κ2) is 9.30. The van der Waals surface area contributed by atoms with E-state index in [0.29, 0.717) is 16.8 Å².